The van der Waals surface area contributed by atoms with Crippen molar-refractivity contribution in [2.24, 2.45) is 0 Å². The molecule has 2 heterocycles. The molecule has 1 aromatic carbocycles. The maximum Gasteiger partial charge on any atom is 0.206 e. The Kier molecular flexibility index (Phi) is 5.94. The number of ether oxygens (including phenoxy) is 1. The van der Waals surface area contributed by atoms with Crippen molar-refractivity contribution in [1.29, 1.82) is 0 Å². The molecule has 8 heteroatoms. The zero-order valence-electron chi connectivity index (χ0n) is 13.9. The number of phenols is 1. The number of aryl methyl sites for hydroxylation is 1. The van der Waals surface area contributed by atoms with Gasteiger partial charge in [0.25, 0.3) is 0 Å². The lowest BCUT2D eigenvalue weighted by atomic mass is 10.1. The minimum Gasteiger partial charge on any atom is -0.506 e. The van der Waals surface area contributed by atoms with Gasteiger partial charge in [-0.1, -0.05) is 6.92 Å². The molecule has 3 rings (SSSR count). The summed E-state index contributed by atoms with van der Waals surface area (Å²) in [6.07, 6.45) is 0.651. The van der Waals surface area contributed by atoms with E-state index in [4.69, 9.17) is 13.6 Å². The quantitative estimate of drug-likeness (QED) is 0.612. The Morgan fingerprint density at radius 1 is 1.36 bits per heavy atom. The second-order valence-electron chi connectivity index (χ2n) is 5.54. The van der Waals surface area contributed by atoms with Gasteiger partial charge in [0.05, 0.1) is 11.6 Å². The number of halogens is 1. The second-order valence-corrected chi connectivity index (χ2v) is 5.54. The van der Waals surface area contributed by atoms with Crippen LogP contribution < -0.4 is 15.5 Å². The molecule has 0 aliphatic heterocycles. The van der Waals surface area contributed by atoms with Gasteiger partial charge in [-0.25, -0.2) is 0 Å². The third-order valence-electron chi connectivity index (χ3n) is 3.69. The van der Waals surface area contributed by atoms with Crippen LogP contribution >= 0.6 is 12.4 Å². The number of aliphatic hydroxyl groups is 1. The van der Waals surface area contributed by atoms with E-state index in [0.717, 1.165) is 6.54 Å². The van der Waals surface area contributed by atoms with E-state index in [0.29, 0.717) is 17.7 Å². The van der Waals surface area contributed by atoms with E-state index in [9.17, 15) is 15.0 Å². The molecule has 25 heavy (non-hydrogen) atoms. The van der Waals surface area contributed by atoms with Crippen molar-refractivity contribution in [3.05, 3.63) is 34.4 Å². The van der Waals surface area contributed by atoms with E-state index in [-0.39, 0.29) is 52.5 Å². The van der Waals surface area contributed by atoms with E-state index in [2.05, 4.69) is 5.32 Å². The smallest absolute Gasteiger partial charge is 0.206 e. The molecule has 1 atom stereocenters. The number of fused-ring (bicyclic) bond motifs is 2. The van der Waals surface area contributed by atoms with Crippen LogP contribution in [0, 0.1) is 6.92 Å². The number of nitrogens with one attached hydrogen (secondary N) is 1. The van der Waals surface area contributed by atoms with E-state index < -0.39 is 6.10 Å². The Labute approximate surface area is 149 Å². The Hall–Kier alpha value is -2.22. The molecular formula is C17H20ClNO6. The first-order valence-electron chi connectivity index (χ1n) is 7.71. The summed E-state index contributed by atoms with van der Waals surface area (Å²) < 4.78 is 16.7. The number of aromatic hydroxyl groups is 1. The highest BCUT2D eigenvalue weighted by atomic mass is 35.5. The number of likely N-dealkylation sites (N-methyl/N-ethyl adjacent to an activating group) is 1. The van der Waals surface area contributed by atoms with Crippen LogP contribution in [0.3, 0.4) is 0 Å². The fraction of sp³-hybridized carbons (Fsp3) is 0.353. The fourth-order valence-electron chi connectivity index (χ4n) is 2.58. The topological polar surface area (TPSA) is 105 Å². The number of hydrogen-bond donors (Lipinski definition) is 3. The monoisotopic (exact) mass is 369 g/mol. The molecule has 0 spiro atoms. The molecule has 0 radical (unpaired) electrons. The molecular weight excluding hydrogens is 350 g/mol. The summed E-state index contributed by atoms with van der Waals surface area (Å²) in [4.78, 5) is 12.3. The van der Waals surface area contributed by atoms with Crippen molar-refractivity contribution in [3.8, 4) is 11.5 Å². The van der Waals surface area contributed by atoms with Crippen molar-refractivity contribution in [1.82, 2.24) is 5.32 Å². The van der Waals surface area contributed by atoms with Crippen LogP contribution in [0.1, 0.15) is 12.7 Å². The van der Waals surface area contributed by atoms with E-state index in [1.165, 1.54) is 12.3 Å². The standard InChI is InChI=1S/C17H19NO6.ClH/c1-3-18-7-10(19)8-23-17-15-11(4-5-22-15)14(21)13-12(20)6-9(2)24-16(13)17;/h4-6,10,18-19,21H,3,7-8H2,1-2H3;1H. The third kappa shape index (κ3) is 3.58. The summed E-state index contributed by atoms with van der Waals surface area (Å²) in [7, 11) is 0. The number of benzene rings is 1. The Balaban J connectivity index is 0.00000225. The van der Waals surface area contributed by atoms with Gasteiger partial charge in [-0.05, 0) is 19.5 Å². The van der Waals surface area contributed by atoms with E-state index >= 15 is 0 Å². The van der Waals surface area contributed by atoms with Crippen LogP contribution in [0.5, 0.6) is 11.5 Å². The molecule has 0 aliphatic carbocycles. The molecule has 2 aromatic heterocycles. The van der Waals surface area contributed by atoms with Gasteiger partial charge in [0, 0.05) is 12.6 Å². The van der Waals surface area contributed by atoms with Crippen LogP contribution in [-0.4, -0.2) is 36.0 Å². The molecule has 136 valence electrons. The normalized spacial score (nSPS) is 12.3. The number of aliphatic hydroxyl groups excluding tert-OH is 1. The minimum atomic E-state index is -0.740. The average Bonchev–Trinajstić information content (AvgIpc) is 3.01. The largest absolute Gasteiger partial charge is 0.506 e. The third-order valence-corrected chi connectivity index (χ3v) is 3.69. The molecule has 3 aromatic rings. The lowest BCUT2D eigenvalue weighted by molar-refractivity contribution is 0.107. The maximum atomic E-state index is 12.3. The number of phenolic OH excluding ortho intramolecular Hbond substituents is 1. The molecule has 0 bridgehead atoms. The van der Waals surface area contributed by atoms with Crippen molar-refractivity contribution in [3.63, 3.8) is 0 Å². The van der Waals surface area contributed by atoms with Gasteiger partial charge in [-0.2, -0.15) is 0 Å². The van der Waals surface area contributed by atoms with Crippen molar-refractivity contribution in [2.75, 3.05) is 19.7 Å². The van der Waals surface area contributed by atoms with E-state index in [1.54, 1.807) is 13.0 Å². The molecule has 0 saturated carbocycles. The number of furan rings is 1. The van der Waals surface area contributed by atoms with Crippen LogP contribution in [0.15, 0.2) is 32.0 Å². The van der Waals surface area contributed by atoms with Crippen LogP contribution in [0.2, 0.25) is 0 Å². The highest BCUT2D eigenvalue weighted by Gasteiger charge is 2.22. The van der Waals surface area contributed by atoms with Crippen molar-refractivity contribution in [2.45, 2.75) is 20.0 Å². The highest BCUT2D eigenvalue weighted by molar-refractivity contribution is 6.06. The molecule has 7 nitrogen and oxygen atoms in total. The molecule has 0 saturated heterocycles. The molecule has 0 aliphatic rings. The van der Waals surface area contributed by atoms with Gasteiger partial charge >= 0.3 is 0 Å². The van der Waals surface area contributed by atoms with Gasteiger partial charge in [0.2, 0.25) is 5.75 Å². The zero-order chi connectivity index (χ0) is 17.3. The lowest BCUT2D eigenvalue weighted by Crippen LogP contribution is -2.31. The molecule has 0 fully saturated rings. The number of hydrogen-bond acceptors (Lipinski definition) is 7. The van der Waals surface area contributed by atoms with Crippen LogP contribution in [0.4, 0.5) is 0 Å². The number of rotatable bonds is 6. The average molecular weight is 370 g/mol. The summed E-state index contributed by atoms with van der Waals surface area (Å²) in [5, 5.41) is 23.7. The van der Waals surface area contributed by atoms with Crippen LogP contribution in [-0.2, 0) is 0 Å². The van der Waals surface area contributed by atoms with Crippen molar-refractivity contribution >= 4 is 34.3 Å². The predicted octanol–water partition coefficient (Wildman–Crippen LogP) is 2.32. The molecule has 3 N–H and O–H groups in total. The summed E-state index contributed by atoms with van der Waals surface area (Å²) in [6, 6.07) is 2.85. The summed E-state index contributed by atoms with van der Waals surface area (Å²) in [6.45, 7) is 4.66. The van der Waals surface area contributed by atoms with E-state index in [1.807, 2.05) is 6.92 Å². The molecule has 0 amide bonds. The zero-order valence-corrected chi connectivity index (χ0v) is 14.7. The fourth-order valence-corrected chi connectivity index (χ4v) is 2.58. The predicted molar refractivity (Wildman–Crippen MR) is 96.0 cm³/mol. The maximum absolute atomic E-state index is 12.3. The SMILES string of the molecule is CCNCC(O)COc1c2occc2c(O)c2c(=O)cc(C)oc12.Cl. The van der Waals surface area contributed by atoms with Gasteiger partial charge in [0.15, 0.2) is 16.6 Å². The van der Waals surface area contributed by atoms with Gasteiger partial charge in [0.1, 0.15) is 29.6 Å². The lowest BCUT2D eigenvalue weighted by Gasteiger charge is -2.14. The van der Waals surface area contributed by atoms with Gasteiger partial charge in [-0.3, -0.25) is 4.79 Å². The minimum absolute atomic E-state index is 0. The summed E-state index contributed by atoms with van der Waals surface area (Å²) in [5.41, 5.74) is 0.00685. The first-order chi connectivity index (χ1) is 11.5. The highest BCUT2D eigenvalue weighted by Crippen LogP contribution is 2.41. The first-order valence-corrected chi connectivity index (χ1v) is 7.71. The Morgan fingerprint density at radius 3 is 2.84 bits per heavy atom. The van der Waals surface area contributed by atoms with Crippen LogP contribution in [0.25, 0.3) is 21.9 Å². The Morgan fingerprint density at radius 2 is 2.12 bits per heavy atom. The van der Waals surface area contributed by atoms with Gasteiger partial charge in [-0.15, -0.1) is 12.4 Å². The Bertz CT molecular complexity index is 932. The summed E-state index contributed by atoms with van der Waals surface area (Å²) in [5.74, 6) is 0.373. The van der Waals surface area contributed by atoms with Gasteiger partial charge < -0.3 is 29.1 Å². The molecule has 1 unspecified atom stereocenters. The van der Waals surface area contributed by atoms with Crippen molar-refractivity contribution < 1.29 is 23.8 Å². The first kappa shape index (κ1) is 19.1. The second kappa shape index (κ2) is 7.77. The summed E-state index contributed by atoms with van der Waals surface area (Å²) >= 11 is 0.